The van der Waals surface area contributed by atoms with Gasteiger partial charge in [-0.3, -0.25) is 4.79 Å². The monoisotopic (exact) mass is 405 g/mol. The van der Waals surface area contributed by atoms with Gasteiger partial charge in [-0.25, -0.2) is 15.0 Å². The maximum absolute atomic E-state index is 12.5. The standard InChI is InChI=1S/C14H17N5OS.C5H10O2/c1-8(2)11-7-21-12(17-11)13(20)19-4-3-9-5-16-14(15)18-10(9)6-19;6-5-2-1-3-7-4-5/h5,7-8H,3-4,6H2,1-2H3,(H2,15,16,18);5-6H,1-4H2. The Kier molecular flexibility index (Phi) is 6.93. The highest BCUT2D eigenvalue weighted by Crippen LogP contribution is 2.22. The van der Waals surface area contributed by atoms with Crippen molar-refractivity contribution >= 4 is 23.2 Å². The molecule has 2 aliphatic heterocycles. The lowest BCUT2D eigenvalue weighted by molar-refractivity contribution is -0.00535. The van der Waals surface area contributed by atoms with Crippen LogP contribution in [0.3, 0.4) is 0 Å². The molecule has 4 heterocycles. The van der Waals surface area contributed by atoms with Gasteiger partial charge in [0, 0.05) is 24.7 Å². The van der Waals surface area contributed by atoms with Crippen molar-refractivity contribution in [2.75, 3.05) is 25.5 Å². The molecule has 2 aromatic rings. The molecule has 152 valence electrons. The Labute approximate surface area is 168 Å². The number of aliphatic hydroxyl groups is 1. The Bertz CT molecular complexity index is 805. The number of nitrogens with two attached hydrogens (primary N) is 1. The van der Waals surface area contributed by atoms with Gasteiger partial charge in [0.05, 0.1) is 30.6 Å². The molecular formula is C19H27N5O3S. The number of nitrogen functional groups attached to an aromatic ring is 1. The lowest BCUT2D eigenvalue weighted by Crippen LogP contribution is -2.36. The molecule has 0 radical (unpaired) electrons. The fourth-order valence-electron chi connectivity index (χ4n) is 3.00. The average molecular weight is 406 g/mol. The average Bonchev–Trinajstić information content (AvgIpc) is 3.18. The molecule has 0 saturated carbocycles. The Morgan fingerprint density at radius 1 is 1.43 bits per heavy atom. The molecule has 0 bridgehead atoms. The number of hydrogen-bond acceptors (Lipinski definition) is 8. The van der Waals surface area contributed by atoms with Crippen LogP contribution in [0.25, 0.3) is 0 Å². The second-order valence-electron chi connectivity index (χ2n) is 7.28. The van der Waals surface area contributed by atoms with Crippen LogP contribution in [0.15, 0.2) is 11.6 Å². The zero-order valence-electron chi connectivity index (χ0n) is 16.3. The topological polar surface area (TPSA) is 114 Å². The van der Waals surface area contributed by atoms with Crippen molar-refractivity contribution < 1.29 is 14.6 Å². The molecular weight excluding hydrogens is 378 g/mol. The largest absolute Gasteiger partial charge is 0.391 e. The minimum Gasteiger partial charge on any atom is -0.391 e. The summed E-state index contributed by atoms with van der Waals surface area (Å²) in [4.78, 5) is 27.0. The third kappa shape index (κ3) is 5.24. The van der Waals surface area contributed by atoms with Crippen LogP contribution < -0.4 is 5.73 Å². The van der Waals surface area contributed by atoms with E-state index in [1.165, 1.54) is 11.3 Å². The first-order chi connectivity index (χ1) is 13.4. The molecule has 0 aromatic carbocycles. The van der Waals surface area contributed by atoms with E-state index in [1.807, 2.05) is 5.38 Å². The highest BCUT2D eigenvalue weighted by Gasteiger charge is 2.25. The van der Waals surface area contributed by atoms with Gasteiger partial charge in [-0.1, -0.05) is 13.8 Å². The van der Waals surface area contributed by atoms with Gasteiger partial charge in [0.1, 0.15) is 0 Å². The SMILES string of the molecule is CC(C)c1csc(C(=O)N2CCc3cnc(N)nc3C2)n1.OC1CCCOC1. The van der Waals surface area contributed by atoms with Crippen LogP contribution >= 0.6 is 11.3 Å². The zero-order chi connectivity index (χ0) is 20.1. The van der Waals surface area contributed by atoms with E-state index in [1.54, 1.807) is 11.1 Å². The number of carbonyl (C=O) groups excluding carboxylic acids is 1. The molecule has 3 N–H and O–H groups in total. The van der Waals surface area contributed by atoms with E-state index in [4.69, 9.17) is 15.6 Å². The van der Waals surface area contributed by atoms with Gasteiger partial charge in [0.15, 0.2) is 5.01 Å². The van der Waals surface area contributed by atoms with Gasteiger partial charge in [-0.15, -0.1) is 11.3 Å². The normalized spacial score (nSPS) is 19.0. The van der Waals surface area contributed by atoms with E-state index in [9.17, 15) is 4.79 Å². The Morgan fingerprint density at radius 2 is 2.25 bits per heavy atom. The van der Waals surface area contributed by atoms with E-state index < -0.39 is 0 Å². The summed E-state index contributed by atoms with van der Waals surface area (Å²) in [5.74, 6) is 0.548. The quantitative estimate of drug-likeness (QED) is 0.785. The molecule has 1 unspecified atom stereocenters. The van der Waals surface area contributed by atoms with Gasteiger partial charge in [0.25, 0.3) is 5.91 Å². The van der Waals surface area contributed by atoms with Crippen molar-refractivity contribution in [2.45, 2.75) is 51.7 Å². The highest BCUT2D eigenvalue weighted by atomic mass is 32.1. The Hall–Kier alpha value is -2.10. The van der Waals surface area contributed by atoms with Crippen molar-refractivity contribution in [3.05, 3.63) is 33.5 Å². The van der Waals surface area contributed by atoms with Crippen molar-refractivity contribution in [1.29, 1.82) is 0 Å². The molecule has 28 heavy (non-hydrogen) atoms. The lowest BCUT2D eigenvalue weighted by Gasteiger charge is -2.27. The van der Waals surface area contributed by atoms with Gasteiger partial charge in [-0.2, -0.15) is 0 Å². The summed E-state index contributed by atoms with van der Waals surface area (Å²) in [6.07, 6.45) is 4.25. The maximum Gasteiger partial charge on any atom is 0.283 e. The first-order valence-electron chi connectivity index (χ1n) is 9.54. The molecule has 1 amide bonds. The predicted octanol–water partition coefficient (Wildman–Crippen LogP) is 1.99. The van der Waals surface area contributed by atoms with Gasteiger partial charge in [-0.05, 0) is 30.7 Å². The third-order valence-electron chi connectivity index (χ3n) is 4.68. The summed E-state index contributed by atoms with van der Waals surface area (Å²) in [6.45, 7) is 6.64. The van der Waals surface area contributed by atoms with Crippen molar-refractivity contribution in [2.24, 2.45) is 0 Å². The summed E-state index contributed by atoms with van der Waals surface area (Å²) >= 11 is 1.40. The highest BCUT2D eigenvalue weighted by molar-refractivity contribution is 7.11. The lowest BCUT2D eigenvalue weighted by atomic mass is 10.1. The van der Waals surface area contributed by atoms with Crippen molar-refractivity contribution in [3.63, 3.8) is 0 Å². The predicted molar refractivity (Wildman–Crippen MR) is 107 cm³/mol. The molecule has 1 atom stereocenters. The second-order valence-corrected chi connectivity index (χ2v) is 8.14. The molecule has 4 rings (SSSR count). The smallest absolute Gasteiger partial charge is 0.283 e. The van der Waals surface area contributed by atoms with Gasteiger partial charge >= 0.3 is 0 Å². The summed E-state index contributed by atoms with van der Waals surface area (Å²) in [7, 11) is 0. The molecule has 2 aliphatic rings. The number of ether oxygens (including phenoxy) is 1. The number of hydrogen-bond donors (Lipinski definition) is 2. The molecule has 9 heteroatoms. The molecule has 0 spiro atoms. The summed E-state index contributed by atoms with van der Waals surface area (Å²) in [5, 5.41) is 11.3. The number of amides is 1. The minimum atomic E-state index is -0.186. The van der Waals surface area contributed by atoms with E-state index in [-0.39, 0.29) is 18.0 Å². The van der Waals surface area contributed by atoms with Crippen LogP contribution in [0.5, 0.6) is 0 Å². The van der Waals surface area contributed by atoms with E-state index in [2.05, 4.69) is 28.8 Å². The first-order valence-corrected chi connectivity index (χ1v) is 10.4. The Balaban J connectivity index is 0.000000271. The van der Waals surface area contributed by atoms with Crippen LogP contribution in [-0.4, -0.2) is 56.7 Å². The summed E-state index contributed by atoms with van der Waals surface area (Å²) < 4.78 is 4.93. The third-order valence-corrected chi connectivity index (χ3v) is 5.53. The number of aromatic nitrogens is 3. The van der Waals surface area contributed by atoms with Crippen LogP contribution in [0.1, 0.15) is 59.4 Å². The summed E-state index contributed by atoms with van der Waals surface area (Å²) in [6, 6.07) is 0. The van der Waals surface area contributed by atoms with Gasteiger partial charge in [0.2, 0.25) is 5.95 Å². The number of fused-ring (bicyclic) bond motifs is 1. The fraction of sp³-hybridized carbons (Fsp3) is 0.579. The molecule has 2 aromatic heterocycles. The fourth-order valence-corrected chi connectivity index (χ4v) is 3.95. The van der Waals surface area contributed by atoms with Crippen LogP contribution in [0.2, 0.25) is 0 Å². The Morgan fingerprint density at radius 3 is 2.86 bits per heavy atom. The van der Waals surface area contributed by atoms with Crippen LogP contribution in [0, 0.1) is 0 Å². The molecule has 0 aliphatic carbocycles. The van der Waals surface area contributed by atoms with E-state index >= 15 is 0 Å². The number of nitrogens with zero attached hydrogens (tertiary/aromatic N) is 4. The first kappa shape index (κ1) is 20.6. The number of thiazole rings is 1. The van der Waals surface area contributed by atoms with Gasteiger partial charge < -0.3 is 20.5 Å². The maximum atomic E-state index is 12.5. The molecule has 8 nitrogen and oxygen atoms in total. The van der Waals surface area contributed by atoms with Crippen LogP contribution in [-0.2, 0) is 17.7 Å². The van der Waals surface area contributed by atoms with Crippen LogP contribution in [0.4, 0.5) is 5.95 Å². The number of aliphatic hydroxyl groups excluding tert-OH is 1. The molecule has 1 saturated heterocycles. The van der Waals surface area contributed by atoms with E-state index in [0.29, 0.717) is 30.6 Å². The summed E-state index contributed by atoms with van der Waals surface area (Å²) in [5.41, 5.74) is 8.48. The number of anilines is 1. The van der Waals surface area contributed by atoms with Crippen molar-refractivity contribution in [1.82, 2.24) is 19.9 Å². The minimum absolute atomic E-state index is 0.0327. The zero-order valence-corrected chi connectivity index (χ0v) is 17.1. The number of rotatable bonds is 2. The van der Waals surface area contributed by atoms with Crippen molar-refractivity contribution in [3.8, 4) is 0 Å². The number of carbonyl (C=O) groups is 1. The second kappa shape index (κ2) is 9.40. The van der Waals surface area contributed by atoms with E-state index in [0.717, 1.165) is 42.8 Å². The molecule has 1 fully saturated rings.